The minimum absolute atomic E-state index is 0.557. The van der Waals surface area contributed by atoms with Crippen molar-refractivity contribution in [2.45, 2.75) is 64.1 Å². The predicted molar refractivity (Wildman–Crippen MR) is 72.5 cm³/mol. The largest absolute Gasteiger partial charge is 0.374 e. The molecule has 3 unspecified atom stereocenters. The number of halogens is 1. The quantitative estimate of drug-likeness (QED) is 0.559. The Bertz CT molecular complexity index is 189. The summed E-state index contributed by atoms with van der Waals surface area (Å²) in [6.07, 6.45) is 11.0. The van der Waals surface area contributed by atoms with Gasteiger partial charge in [0, 0.05) is 4.43 Å². The maximum absolute atomic E-state index is 6.12. The molecule has 1 saturated heterocycles. The Morgan fingerprint density at radius 1 is 1.13 bits per heavy atom. The first-order valence-electron chi connectivity index (χ1n) is 6.52. The number of ether oxygens (including phenoxy) is 1. The van der Waals surface area contributed by atoms with Crippen LogP contribution in [0.4, 0.5) is 0 Å². The van der Waals surface area contributed by atoms with Gasteiger partial charge in [0.1, 0.15) is 0 Å². The van der Waals surface area contributed by atoms with Gasteiger partial charge in [0.05, 0.1) is 12.2 Å². The van der Waals surface area contributed by atoms with Gasteiger partial charge in [-0.2, -0.15) is 0 Å². The summed E-state index contributed by atoms with van der Waals surface area (Å²) in [7, 11) is 0. The fraction of sp³-hybridized carbons (Fsp3) is 1.00. The van der Waals surface area contributed by atoms with Gasteiger partial charge < -0.3 is 4.74 Å². The molecule has 1 aliphatic heterocycles. The molecule has 1 aliphatic carbocycles. The molecule has 0 aromatic heterocycles. The molecule has 0 aromatic carbocycles. The van der Waals surface area contributed by atoms with Crippen LogP contribution in [-0.2, 0) is 4.74 Å². The molecule has 2 heteroatoms. The Hall–Kier alpha value is 0.690. The highest BCUT2D eigenvalue weighted by atomic mass is 127. The molecule has 2 aliphatic rings. The molecular weight excluding hydrogens is 299 g/mol. The minimum atomic E-state index is 0.557. The van der Waals surface area contributed by atoms with Gasteiger partial charge in [0.2, 0.25) is 0 Å². The third kappa shape index (κ3) is 3.09. The molecule has 0 amide bonds. The van der Waals surface area contributed by atoms with Crippen molar-refractivity contribution in [3.63, 3.8) is 0 Å². The van der Waals surface area contributed by atoms with Gasteiger partial charge in [0.25, 0.3) is 0 Å². The van der Waals surface area contributed by atoms with Crippen molar-refractivity contribution in [1.29, 1.82) is 0 Å². The fourth-order valence-corrected chi connectivity index (χ4v) is 3.85. The van der Waals surface area contributed by atoms with E-state index >= 15 is 0 Å². The van der Waals surface area contributed by atoms with E-state index in [1.165, 1.54) is 49.4 Å². The highest BCUT2D eigenvalue weighted by Gasteiger charge is 2.33. The van der Waals surface area contributed by atoms with Crippen LogP contribution in [0.15, 0.2) is 0 Å². The summed E-state index contributed by atoms with van der Waals surface area (Å²) in [4.78, 5) is 0. The molecule has 0 spiro atoms. The lowest BCUT2D eigenvalue weighted by molar-refractivity contribution is 0.00378. The third-order valence-electron chi connectivity index (χ3n) is 4.29. The second kappa shape index (κ2) is 5.85. The molecule has 3 atom stereocenters. The van der Waals surface area contributed by atoms with Crippen LogP contribution in [0.5, 0.6) is 0 Å². The number of rotatable bonds is 3. The molecule has 0 N–H and O–H groups in total. The molecule has 15 heavy (non-hydrogen) atoms. The summed E-state index contributed by atoms with van der Waals surface area (Å²) >= 11 is 2.45. The van der Waals surface area contributed by atoms with Crippen molar-refractivity contribution in [2.24, 2.45) is 11.8 Å². The molecule has 2 fully saturated rings. The Labute approximate surface area is 107 Å². The summed E-state index contributed by atoms with van der Waals surface area (Å²) in [5.74, 6) is 1.76. The van der Waals surface area contributed by atoms with E-state index in [0.29, 0.717) is 12.2 Å². The van der Waals surface area contributed by atoms with E-state index in [0.717, 1.165) is 11.8 Å². The number of hydrogen-bond donors (Lipinski definition) is 0. The molecule has 1 heterocycles. The van der Waals surface area contributed by atoms with E-state index in [9.17, 15) is 0 Å². The Morgan fingerprint density at radius 2 is 1.87 bits per heavy atom. The Balaban J connectivity index is 1.82. The molecule has 88 valence electrons. The van der Waals surface area contributed by atoms with Crippen LogP contribution in [0, 0.1) is 11.8 Å². The van der Waals surface area contributed by atoms with Crippen LogP contribution < -0.4 is 0 Å². The Kier molecular flexibility index (Phi) is 4.74. The van der Waals surface area contributed by atoms with Gasteiger partial charge >= 0.3 is 0 Å². The van der Waals surface area contributed by atoms with Gasteiger partial charge in [-0.1, -0.05) is 61.6 Å². The van der Waals surface area contributed by atoms with Crippen LogP contribution in [0.1, 0.15) is 51.9 Å². The molecular formula is C13H23IO. The molecule has 1 nitrogen and oxygen atoms in total. The summed E-state index contributed by atoms with van der Waals surface area (Å²) in [5, 5.41) is 0. The minimum Gasteiger partial charge on any atom is -0.374 e. The zero-order valence-electron chi connectivity index (χ0n) is 9.75. The highest BCUT2D eigenvalue weighted by Crippen LogP contribution is 2.36. The van der Waals surface area contributed by atoms with E-state index in [2.05, 4.69) is 29.5 Å². The average Bonchev–Trinajstić information content (AvgIpc) is 2.78. The van der Waals surface area contributed by atoms with Crippen molar-refractivity contribution in [1.82, 2.24) is 0 Å². The van der Waals surface area contributed by atoms with Gasteiger partial charge in [-0.15, -0.1) is 0 Å². The fourth-order valence-electron chi connectivity index (χ4n) is 3.20. The highest BCUT2D eigenvalue weighted by molar-refractivity contribution is 14.1. The Morgan fingerprint density at radius 3 is 2.47 bits per heavy atom. The van der Waals surface area contributed by atoms with Crippen LogP contribution in [-0.4, -0.2) is 16.6 Å². The van der Waals surface area contributed by atoms with Gasteiger partial charge in [0.15, 0.2) is 0 Å². The van der Waals surface area contributed by atoms with E-state index < -0.39 is 0 Å². The van der Waals surface area contributed by atoms with Crippen LogP contribution >= 0.6 is 22.6 Å². The average molecular weight is 322 g/mol. The van der Waals surface area contributed by atoms with Gasteiger partial charge in [-0.25, -0.2) is 0 Å². The SMILES string of the molecule is CC(C1CCCCC1)C1CCC(CI)O1. The molecule has 2 rings (SSSR count). The van der Waals surface area contributed by atoms with Gasteiger partial charge in [-0.3, -0.25) is 0 Å². The van der Waals surface area contributed by atoms with Crippen LogP contribution in [0.3, 0.4) is 0 Å². The monoisotopic (exact) mass is 322 g/mol. The first kappa shape index (κ1) is 12.2. The third-order valence-corrected chi connectivity index (χ3v) is 5.27. The van der Waals surface area contributed by atoms with E-state index in [4.69, 9.17) is 4.74 Å². The van der Waals surface area contributed by atoms with E-state index in [1.54, 1.807) is 0 Å². The van der Waals surface area contributed by atoms with Crippen LogP contribution in [0.2, 0.25) is 0 Å². The normalized spacial score (nSPS) is 35.6. The molecule has 0 bridgehead atoms. The van der Waals surface area contributed by atoms with E-state index in [-0.39, 0.29) is 0 Å². The van der Waals surface area contributed by atoms with Crippen molar-refractivity contribution in [3.05, 3.63) is 0 Å². The molecule has 0 aromatic rings. The summed E-state index contributed by atoms with van der Waals surface area (Å²) < 4.78 is 7.29. The zero-order chi connectivity index (χ0) is 10.7. The standard InChI is InChI=1S/C13H23IO/c1-10(11-5-3-2-4-6-11)13-8-7-12(9-14)15-13/h10-13H,2-9H2,1H3. The second-order valence-electron chi connectivity index (χ2n) is 5.29. The lowest BCUT2D eigenvalue weighted by atomic mass is 9.78. The molecule has 0 radical (unpaired) electrons. The van der Waals surface area contributed by atoms with Gasteiger partial charge in [-0.05, 0) is 24.7 Å². The number of hydrogen-bond acceptors (Lipinski definition) is 1. The van der Waals surface area contributed by atoms with Crippen molar-refractivity contribution >= 4 is 22.6 Å². The molecule has 1 saturated carbocycles. The van der Waals surface area contributed by atoms with E-state index in [1.807, 2.05) is 0 Å². The summed E-state index contributed by atoms with van der Waals surface area (Å²) in [6, 6.07) is 0. The first-order chi connectivity index (χ1) is 7.31. The lowest BCUT2D eigenvalue weighted by Gasteiger charge is -2.31. The lowest BCUT2D eigenvalue weighted by Crippen LogP contribution is -2.27. The number of alkyl halides is 1. The van der Waals surface area contributed by atoms with Crippen molar-refractivity contribution < 1.29 is 4.74 Å². The summed E-state index contributed by atoms with van der Waals surface area (Å²) in [5.41, 5.74) is 0. The van der Waals surface area contributed by atoms with Crippen molar-refractivity contribution in [3.8, 4) is 0 Å². The topological polar surface area (TPSA) is 9.23 Å². The smallest absolute Gasteiger partial charge is 0.0669 e. The van der Waals surface area contributed by atoms with Crippen LogP contribution in [0.25, 0.3) is 0 Å². The first-order valence-corrected chi connectivity index (χ1v) is 8.05. The zero-order valence-corrected chi connectivity index (χ0v) is 11.9. The maximum atomic E-state index is 6.12. The second-order valence-corrected chi connectivity index (χ2v) is 6.17. The predicted octanol–water partition coefficient (Wildman–Crippen LogP) is 4.19. The maximum Gasteiger partial charge on any atom is 0.0669 e. The summed E-state index contributed by atoms with van der Waals surface area (Å²) in [6.45, 7) is 2.43. The van der Waals surface area contributed by atoms with Crippen molar-refractivity contribution in [2.75, 3.05) is 4.43 Å².